The molecular weight excluding hydrogens is 314 g/mol. The van der Waals surface area contributed by atoms with Gasteiger partial charge in [-0.05, 0) is 49.3 Å². The number of carbonyl (C=O) groups excluding carboxylic acids is 1. The molecule has 1 aromatic rings. The van der Waals surface area contributed by atoms with E-state index in [1.54, 1.807) is 0 Å². The van der Waals surface area contributed by atoms with Gasteiger partial charge in [0.2, 0.25) is 5.91 Å². The van der Waals surface area contributed by atoms with Crippen LogP contribution in [0, 0.1) is 11.3 Å². The van der Waals surface area contributed by atoms with Gasteiger partial charge in [0.1, 0.15) is 0 Å². The Bertz CT molecular complexity index is 685. The van der Waals surface area contributed by atoms with Crippen molar-refractivity contribution in [3.63, 3.8) is 0 Å². The fraction of sp³-hybridized carbons (Fsp3) is 0.556. The number of benzene rings is 1. The van der Waals surface area contributed by atoms with Crippen LogP contribution in [0.1, 0.15) is 37.7 Å². The van der Waals surface area contributed by atoms with Gasteiger partial charge in [-0.3, -0.25) is 9.59 Å². The number of fused-ring (bicyclic) bond motifs is 1. The van der Waals surface area contributed by atoms with Gasteiger partial charge in [0.05, 0.1) is 10.8 Å². The van der Waals surface area contributed by atoms with Gasteiger partial charge in [-0.1, -0.05) is 30.2 Å². The van der Waals surface area contributed by atoms with Crippen LogP contribution in [0.15, 0.2) is 24.3 Å². The summed E-state index contributed by atoms with van der Waals surface area (Å²) < 4.78 is 0. The fourth-order valence-electron chi connectivity index (χ4n) is 4.63. The smallest absolute Gasteiger partial charge is 0.311 e. The van der Waals surface area contributed by atoms with E-state index in [-0.39, 0.29) is 11.8 Å². The molecule has 1 N–H and O–H groups in total. The maximum Gasteiger partial charge on any atom is 0.311 e. The SMILES string of the molecule is O=C(N1C[C@@H]2CCC[C@@]2(C(=O)O)C1)C1(c2cccc(Cl)c2)CC1. The van der Waals surface area contributed by atoms with E-state index in [0.717, 1.165) is 31.2 Å². The molecule has 23 heavy (non-hydrogen) atoms. The Balaban J connectivity index is 1.60. The lowest BCUT2D eigenvalue weighted by Crippen LogP contribution is -2.41. The second-order valence-electron chi connectivity index (χ2n) is 7.33. The highest BCUT2D eigenvalue weighted by Gasteiger charge is 2.60. The van der Waals surface area contributed by atoms with Gasteiger partial charge in [-0.15, -0.1) is 0 Å². The highest BCUT2D eigenvalue weighted by Crippen LogP contribution is 2.54. The number of amides is 1. The molecule has 1 heterocycles. The van der Waals surface area contributed by atoms with Crippen molar-refractivity contribution < 1.29 is 14.7 Å². The summed E-state index contributed by atoms with van der Waals surface area (Å²) in [5.74, 6) is -0.531. The quantitative estimate of drug-likeness (QED) is 0.924. The highest BCUT2D eigenvalue weighted by atomic mass is 35.5. The summed E-state index contributed by atoms with van der Waals surface area (Å²) in [6.45, 7) is 0.960. The van der Waals surface area contributed by atoms with E-state index in [4.69, 9.17) is 11.6 Å². The lowest BCUT2D eigenvalue weighted by Gasteiger charge is -2.26. The van der Waals surface area contributed by atoms with E-state index in [1.807, 2.05) is 29.2 Å². The van der Waals surface area contributed by atoms with Crippen LogP contribution in [0.4, 0.5) is 0 Å². The van der Waals surface area contributed by atoms with Crippen molar-refractivity contribution in [1.29, 1.82) is 0 Å². The number of likely N-dealkylation sites (tertiary alicyclic amines) is 1. The van der Waals surface area contributed by atoms with Gasteiger partial charge in [-0.25, -0.2) is 0 Å². The predicted octanol–water partition coefficient (Wildman–Crippen LogP) is 3.08. The molecular formula is C18H20ClNO3. The molecule has 5 heteroatoms. The van der Waals surface area contributed by atoms with Crippen LogP contribution >= 0.6 is 11.6 Å². The first kappa shape index (κ1) is 15.0. The monoisotopic (exact) mass is 333 g/mol. The first-order valence-electron chi connectivity index (χ1n) is 8.27. The Hall–Kier alpha value is -1.55. The van der Waals surface area contributed by atoms with Crippen molar-refractivity contribution in [2.45, 2.75) is 37.5 Å². The van der Waals surface area contributed by atoms with Crippen molar-refractivity contribution in [2.75, 3.05) is 13.1 Å². The summed E-state index contributed by atoms with van der Waals surface area (Å²) >= 11 is 6.08. The normalized spacial score (nSPS) is 31.0. The number of rotatable bonds is 3. The van der Waals surface area contributed by atoms with Crippen molar-refractivity contribution in [1.82, 2.24) is 4.90 Å². The molecule has 0 unspecified atom stereocenters. The first-order chi connectivity index (χ1) is 11.0. The Morgan fingerprint density at radius 2 is 2.04 bits per heavy atom. The molecule has 2 atom stereocenters. The second kappa shape index (κ2) is 4.97. The molecule has 4 nitrogen and oxygen atoms in total. The molecule has 2 aliphatic carbocycles. The second-order valence-corrected chi connectivity index (χ2v) is 7.77. The van der Waals surface area contributed by atoms with E-state index < -0.39 is 16.8 Å². The molecule has 2 saturated carbocycles. The number of aliphatic carboxylic acids is 1. The molecule has 3 fully saturated rings. The zero-order valence-electron chi connectivity index (χ0n) is 12.9. The van der Waals surface area contributed by atoms with Gasteiger partial charge in [0.15, 0.2) is 0 Å². The molecule has 4 rings (SSSR count). The number of carboxylic acids is 1. The van der Waals surface area contributed by atoms with Gasteiger partial charge in [0, 0.05) is 18.1 Å². The number of carbonyl (C=O) groups is 2. The van der Waals surface area contributed by atoms with Gasteiger partial charge in [0.25, 0.3) is 0 Å². The maximum absolute atomic E-state index is 13.1. The minimum absolute atomic E-state index is 0.0924. The summed E-state index contributed by atoms with van der Waals surface area (Å²) in [6.07, 6.45) is 4.22. The van der Waals surface area contributed by atoms with Crippen LogP contribution in [0.3, 0.4) is 0 Å². The van der Waals surface area contributed by atoms with Crippen molar-refractivity contribution in [3.8, 4) is 0 Å². The fourth-order valence-corrected chi connectivity index (χ4v) is 4.82. The lowest BCUT2D eigenvalue weighted by atomic mass is 9.81. The van der Waals surface area contributed by atoms with Crippen LogP contribution in [0.2, 0.25) is 5.02 Å². The third-order valence-corrected chi connectivity index (χ3v) is 6.36. The van der Waals surface area contributed by atoms with Crippen LogP contribution in [-0.4, -0.2) is 35.0 Å². The van der Waals surface area contributed by atoms with Crippen molar-refractivity contribution in [2.24, 2.45) is 11.3 Å². The van der Waals surface area contributed by atoms with E-state index in [1.165, 1.54) is 0 Å². The van der Waals surface area contributed by atoms with Gasteiger partial charge < -0.3 is 10.0 Å². The molecule has 3 aliphatic rings. The van der Waals surface area contributed by atoms with Crippen LogP contribution in [-0.2, 0) is 15.0 Å². The Morgan fingerprint density at radius 3 is 2.65 bits per heavy atom. The third-order valence-electron chi connectivity index (χ3n) is 6.12. The summed E-state index contributed by atoms with van der Waals surface area (Å²) in [7, 11) is 0. The van der Waals surface area contributed by atoms with Gasteiger partial charge in [-0.2, -0.15) is 0 Å². The van der Waals surface area contributed by atoms with Crippen LogP contribution < -0.4 is 0 Å². The number of nitrogens with zero attached hydrogens (tertiary/aromatic N) is 1. The molecule has 1 saturated heterocycles. The standard InChI is InChI=1S/C18H20ClNO3/c19-14-5-1-3-12(9-14)17(7-8-17)15(21)20-10-13-4-2-6-18(13,11-20)16(22)23/h1,3,5,9,13H,2,4,6-8,10-11H2,(H,22,23)/t13-,18+/m0/s1. The van der Waals surface area contributed by atoms with Crippen molar-refractivity contribution in [3.05, 3.63) is 34.9 Å². The topological polar surface area (TPSA) is 57.6 Å². The summed E-state index contributed by atoms with van der Waals surface area (Å²) in [5, 5.41) is 10.3. The van der Waals surface area contributed by atoms with E-state index >= 15 is 0 Å². The molecule has 1 amide bonds. The number of hydrogen-bond acceptors (Lipinski definition) is 2. The number of hydrogen-bond donors (Lipinski definition) is 1. The lowest BCUT2D eigenvalue weighted by molar-refractivity contribution is -0.149. The first-order valence-corrected chi connectivity index (χ1v) is 8.65. The minimum atomic E-state index is -0.733. The Morgan fingerprint density at radius 1 is 1.26 bits per heavy atom. The zero-order chi connectivity index (χ0) is 16.2. The molecule has 122 valence electrons. The average molecular weight is 334 g/mol. The highest BCUT2D eigenvalue weighted by molar-refractivity contribution is 6.30. The molecule has 0 bridgehead atoms. The molecule has 0 aromatic heterocycles. The van der Waals surface area contributed by atoms with E-state index in [2.05, 4.69) is 0 Å². The minimum Gasteiger partial charge on any atom is -0.481 e. The Labute approximate surface area is 140 Å². The van der Waals surface area contributed by atoms with E-state index in [0.29, 0.717) is 24.5 Å². The van der Waals surface area contributed by atoms with Crippen LogP contribution in [0.25, 0.3) is 0 Å². The molecule has 1 aromatic carbocycles. The zero-order valence-corrected chi connectivity index (χ0v) is 13.7. The molecule has 0 spiro atoms. The summed E-state index contributed by atoms with van der Waals surface area (Å²) in [6, 6.07) is 7.52. The summed E-state index contributed by atoms with van der Waals surface area (Å²) in [4.78, 5) is 26.7. The molecule has 0 radical (unpaired) electrons. The maximum atomic E-state index is 13.1. The predicted molar refractivity (Wildman–Crippen MR) is 86.4 cm³/mol. The van der Waals surface area contributed by atoms with Crippen LogP contribution in [0.5, 0.6) is 0 Å². The third kappa shape index (κ3) is 2.11. The number of carboxylic acid groups (broad SMARTS) is 1. The van der Waals surface area contributed by atoms with Gasteiger partial charge >= 0.3 is 5.97 Å². The average Bonchev–Trinajstić information content (AvgIpc) is 3.09. The largest absolute Gasteiger partial charge is 0.481 e. The molecule has 1 aliphatic heterocycles. The number of halogens is 1. The summed E-state index contributed by atoms with van der Waals surface area (Å²) in [5.41, 5.74) is -0.208. The van der Waals surface area contributed by atoms with Crippen molar-refractivity contribution >= 4 is 23.5 Å². The Kier molecular flexibility index (Phi) is 3.24. The van der Waals surface area contributed by atoms with E-state index in [9.17, 15) is 14.7 Å².